The van der Waals surface area contributed by atoms with E-state index < -0.39 is 5.82 Å². The number of hydrogen-bond donors (Lipinski definition) is 1. The van der Waals surface area contributed by atoms with Crippen LogP contribution in [0.4, 0.5) is 4.39 Å². The Hall–Kier alpha value is -1.68. The zero-order chi connectivity index (χ0) is 13.1. The van der Waals surface area contributed by atoms with E-state index in [-0.39, 0.29) is 29.6 Å². The van der Waals surface area contributed by atoms with E-state index in [1.807, 2.05) is 6.92 Å². The van der Waals surface area contributed by atoms with Crippen molar-refractivity contribution in [3.8, 4) is 0 Å². The van der Waals surface area contributed by atoms with Crippen LogP contribution in [-0.4, -0.2) is 12.3 Å². The molecule has 0 aliphatic heterocycles. The average Bonchev–Trinajstić information content (AvgIpc) is 2.80. The van der Waals surface area contributed by atoms with E-state index in [1.165, 1.54) is 6.07 Å². The molecule has 0 radical (unpaired) electrons. The lowest BCUT2D eigenvalue weighted by Gasteiger charge is -2.09. The van der Waals surface area contributed by atoms with Gasteiger partial charge in [-0.2, -0.15) is 0 Å². The highest BCUT2D eigenvalue weighted by Gasteiger charge is 2.22. The lowest BCUT2D eigenvalue weighted by atomic mass is 9.97. The molecule has 0 aliphatic rings. The van der Waals surface area contributed by atoms with Crippen LogP contribution in [0.25, 0.3) is 11.0 Å². The summed E-state index contributed by atoms with van der Waals surface area (Å²) in [4.78, 5) is 12.2. The van der Waals surface area contributed by atoms with Crippen molar-refractivity contribution >= 4 is 16.8 Å². The number of benzene rings is 1. The van der Waals surface area contributed by atoms with Crippen molar-refractivity contribution in [1.82, 2.24) is 0 Å². The van der Waals surface area contributed by atoms with E-state index in [1.54, 1.807) is 18.2 Å². The monoisotopic (exact) mass is 249 g/mol. The molecule has 3 nitrogen and oxygen atoms in total. The number of para-hydroxylation sites is 1. The average molecular weight is 249 g/mol. The van der Waals surface area contributed by atoms with E-state index in [0.717, 1.165) is 12.8 Å². The van der Waals surface area contributed by atoms with Crippen LogP contribution in [0.15, 0.2) is 28.7 Å². The molecule has 2 aromatic rings. The summed E-state index contributed by atoms with van der Waals surface area (Å²) in [6.07, 6.45) is 1.59. The lowest BCUT2D eigenvalue weighted by Crippen LogP contribution is -2.23. The molecule has 0 saturated heterocycles. The SMILES string of the molecule is CCCC(CN)C(=O)c1cc2cccc(F)c2o1. The smallest absolute Gasteiger partial charge is 0.202 e. The third-order valence-corrected chi connectivity index (χ3v) is 3.03. The Morgan fingerprint density at radius 2 is 2.28 bits per heavy atom. The fourth-order valence-electron chi connectivity index (χ4n) is 2.05. The van der Waals surface area contributed by atoms with Gasteiger partial charge < -0.3 is 10.2 Å². The van der Waals surface area contributed by atoms with Gasteiger partial charge in [0, 0.05) is 17.8 Å². The zero-order valence-electron chi connectivity index (χ0n) is 10.3. The van der Waals surface area contributed by atoms with Crippen LogP contribution in [0, 0.1) is 11.7 Å². The number of Topliss-reactive ketones (excluding diaryl/α,β-unsaturated/α-hetero) is 1. The standard InChI is InChI=1S/C14H16FNO2/c1-2-4-10(8-16)13(17)12-7-9-5-3-6-11(15)14(9)18-12/h3,5-7,10H,2,4,8,16H2,1H3. The van der Waals surface area contributed by atoms with E-state index in [0.29, 0.717) is 5.39 Å². The molecule has 1 aromatic heterocycles. The normalized spacial score (nSPS) is 12.8. The van der Waals surface area contributed by atoms with Gasteiger partial charge in [-0.1, -0.05) is 25.5 Å². The Morgan fingerprint density at radius 3 is 2.89 bits per heavy atom. The second-order valence-corrected chi connectivity index (χ2v) is 4.35. The minimum absolute atomic E-state index is 0.133. The topological polar surface area (TPSA) is 56.2 Å². The van der Waals surface area contributed by atoms with Crippen LogP contribution >= 0.6 is 0 Å². The van der Waals surface area contributed by atoms with Gasteiger partial charge in [-0.25, -0.2) is 4.39 Å². The molecule has 1 atom stereocenters. The molecule has 0 spiro atoms. The maximum absolute atomic E-state index is 13.5. The van der Waals surface area contributed by atoms with Gasteiger partial charge in [-0.05, 0) is 18.6 Å². The molecule has 0 amide bonds. The fraction of sp³-hybridized carbons (Fsp3) is 0.357. The van der Waals surface area contributed by atoms with Crippen molar-refractivity contribution < 1.29 is 13.6 Å². The molecule has 0 bridgehead atoms. The third kappa shape index (κ3) is 2.29. The second-order valence-electron chi connectivity index (χ2n) is 4.35. The quantitative estimate of drug-likeness (QED) is 0.828. The number of nitrogens with two attached hydrogens (primary N) is 1. The minimum atomic E-state index is -0.452. The van der Waals surface area contributed by atoms with Crippen molar-refractivity contribution in [1.29, 1.82) is 0 Å². The second kappa shape index (κ2) is 5.31. The van der Waals surface area contributed by atoms with Gasteiger partial charge in [-0.15, -0.1) is 0 Å². The van der Waals surface area contributed by atoms with Gasteiger partial charge in [0.05, 0.1) is 0 Å². The molecule has 1 heterocycles. The predicted octanol–water partition coefficient (Wildman–Crippen LogP) is 3.13. The van der Waals surface area contributed by atoms with Gasteiger partial charge in [0.15, 0.2) is 17.2 Å². The minimum Gasteiger partial charge on any atom is -0.450 e. The number of hydrogen-bond acceptors (Lipinski definition) is 3. The van der Waals surface area contributed by atoms with Gasteiger partial charge in [-0.3, -0.25) is 4.79 Å². The number of fused-ring (bicyclic) bond motifs is 1. The molecule has 4 heteroatoms. The number of furan rings is 1. The Kier molecular flexibility index (Phi) is 3.77. The highest BCUT2D eigenvalue weighted by Crippen LogP contribution is 2.24. The van der Waals surface area contributed by atoms with Crippen molar-refractivity contribution in [2.24, 2.45) is 11.7 Å². The van der Waals surface area contributed by atoms with Crippen molar-refractivity contribution in [3.63, 3.8) is 0 Å². The summed E-state index contributed by atoms with van der Waals surface area (Å²) in [5, 5.41) is 0.602. The molecule has 0 fully saturated rings. The molecule has 1 unspecified atom stereocenters. The fourth-order valence-corrected chi connectivity index (χ4v) is 2.05. The highest BCUT2D eigenvalue weighted by molar-refractivity contribution is 5.99. The molecular formula is C14H16FNO2. The maximum atomic E-state index is 13.5. The molecule has 18 heavy (non-hydrogen) atoms. The van der Waals surface area contributed by atoms with Crippen LogP contribution in [0.2, 0.25) is 0 Å². The van der Waals surface area contributed by atoms with Gasteiger partial charge in [0.2, 0.25) is 5.78 Å². The predicted molar refractivity (Wildman–Crippen MR) is 68.0 cm³/mol. The number of ketones is 1. The Balaban J connectivity index is 2.36. The summed E-state index contributed by atoms with van der Waals surface area (Å²) in [6.45, 7) is 2.28. The third-order valence-electron chi connectivity index (χ3n) is 3.03. The first-order valence-electron chi connectivity index (χ1n) is 6.09. The van der Waals surface area contributed by atoms with Crippen LogP contribution in [0.3, 0.4) is 0 Å². The summed E-state index contributed by atoms with van der Waals surface area (Å²) >= 11 is 0. The number of halogens is 1. The zero-order valence-corrected chi connectivity index (χ0v) is 10.3. The van der Waals surface area contributed by atoms with Gasteiger partial charge in [0.25, 0.3) is 0 Å². The molecule has 1 aromatic carbocycles. The van der Waals surface area contributed by atoms with E-state index in [4.69, 9.17) is 10.2 Å². The lowest BCUT2D eigenvalue weighted by molar-refractivity contribution is 0.0891. The van der Waals surface area contributed by atoms with Crippen LogP contribution in [0.1, 0.15) is 30.3 Å². The van der Waals surface area contributed by atoms with Gasteiger partial charge >= 0.3 is 0 Å². The van der Waals surface area contributed by atoms with E-state index in [9.17, 15) is 9.18 Å². The first-order chi connectivity index (χ1) is 8.67. The van der Waals surface area contributed by atoms with Crippen molar-refractivity contribution in [2.45, 2.75) is 19.8 Å². The number of carbonyl (C=O) groups is 1. The molecule has 2 N–H and O–H groups in total. The van der Waals surface area contributed by atoms with E-state index >= 15 is 0 Å². The molecule has 96 valence electrons. The van der Waals surface area contributed by atoms with Gasteiger partial charge in [0.1, 0.15) is 0 Å². The Bertz CT molecular complexity index is 562. The summed E-state index contributed by atoms with van der Waals surface area (Å²) in [5.74, 6) is -0.654. The highest BCUT2D eigenvalue weighted by atomic mass is 19.1. The Morgan fingerprint density at radius 1 is 1.50 bits per heavy atom. The molecular weight excluding hydrogens is 233 g/mol. The number of carbonyl (C=O) groups excluding carboxylic acids is 1. The summed E-state index contributed by atoms with van der Waals surface area (Å²) in [5.41, 5.74) is 5.72. The Labute approximate surface area is 105 Å². The molecule has 0 aliphatic carbocycles. The molecule has 2 rings (SSSR count). The van der Waals surface area contributed by atoms with Crippen molar-refractivity contribution in [3.05, 3.63) is 35.8 Å². The maximum Gasteiger partial charge on any atom is 0.202 e. The van der Waals surface area contributed by atoms with Crippen LogP contribution in [0.5, 0.6) is 0 Å². The first-order valence-corrected chi connectivity index (χ1v) is 6.09. The summed E-state index contributed by atoms with van der Waals surface area (Å²) in [7, 11) is 0. The number of rotatable bonds is 5. The largest absolute Gasteiger partial charge is 0.450 e. The molecule has 0 saturated carbocycles. The van der Waals surface area contributed by atoms with Crippen molar-refractivity contribution in [2.75, 3.05) is 6.54 Å². The summed E-state index contributed by atoms with van der Waals surface area (Å²) < 4.78 is 18.8. The van der Waals surface area contributed by atoms with Crippen LogP contribution in [-0.2, 0) is 0 Å². The van der Waals surface area contributed by atoms with E-state index in [2.05, 4.69) is 0 Å². The first kappa shape index (κ1) is 12.8. The van der Waals surface area contributed by atoms with Crippen LogP contribution < -0.4 is 5.73 Å². The summed E-state index contributed by atoms with van der Waals surface area (Å²) in [6, 6.07) is 6.20.